The van der Waals surface area contributed by atoms with Crippen LogP contribution >= 0.6 is 34.8 Å². The third-order valence-electron chi connectivity index (χ3n) is 1.67. The Hall–Kier alpha value is -0.380. The second-order valence-electron chi connectivity index (χ2n) is 4.00. The highest BCUT2D eigenvalue weighted by Crippen LogP contribution is 2.42. The van der Waals surface area contributed by atoms with E-state index in [0.717, 1.165) is 0 Å². The van der Waals surface area contributed by atoms with Gasteiger partial charge in [-0.25, -0.2) is 0 Å². The molecule has 1 aromatic heterocycles. The molecule has 0 spiro atoms. The number of hydrogen-bond donors (Lipinski definition) is 0. The Morgan fingerprint density at radius 2 is 1.41 bits per heavy atom. The largest absolute Gasteiger partial charge is 0.488 e. The van der Waals surface area contributed by atoms with Gasteiger partial charge >= 0.3 is 0 Å². The van der Waals surface area contributed by atoms with Crippen LogP contribution in [0.3, 0.4) is 0 Å². The van der Waals surface area contributed by atoms with Crippen LogP contribution in [0.25, 0.3) is 0 Å². The number of ether oxygens (including phenoxy) is 2. The molecule has 1 aromatic rings. The molecule has 0 saturated heterocycles. The summed E-state index contributed by atoms with van der Waals surface area (Å²) in [6.07, 6.45) is -0.139. The molecule has 0 radical (unpaired) electrons. The number of hydrogen-bond acceptors (Lipinski definition) is 3. The van der Waals surface area contributed by atoms with Crippen molar-refractivity contribution in [1.82, 2.24) is 4.98 Å². The molecule has 0 aliphatic heterocycles. The zero-order valence-corrected chi connectivity index (χ0v) is 12.3. The van der Waals surface area contributed by atoms with Crippen molar-refractivity contribution in [3.63, 3.8) is 0 Å². The SMILES string of the molecule is CC(C)Oc1nc(Cl)c(Cl)c(OC(C)C)c1Cl. The molecule has 0 fully saturated rings. The molecule has 0 aliphatic rings. The molecular weight excluding hydrogens is 284 g/mol. The van der Waals surface area contributed by atoms with Crippen LogP contribution in [0.15, 0.2) is 0 Å². The van der Waals surface area contributed by atoms with E-state index in [1.54, 1.807) is 0 Å². The Morgan fingerprint density at radius 1 is 0.882 bits per heavy atom. The molecule has 3 nitrogen and oxygen atoms in total. The van der Waals surface area contributed by atoms with Crippen molar-refractivity contribution >= 4 is 34.8 Å². The highest BCUT2D eigenvalue weighted by Gasteiger charge is 2.20. The van der Waals surface area contributed by atoms with E-state index in [9.17, 15) is 0 Å². The zero-order chi connectivity index (χ0) is 13.2. The van der Waals surface area contributed by atoms with Crippen molar-refractivity contribution in [3.8, 4) is 11.6 Å². The average molecular weight is 299 g/mol. The monoisotopic (exact) mass is 297 g/mol. The minimum absolute atomic E-state index is 0.0656. The van der Waals surface area contributed by atoms with Crippen LogP contribution in [0.5, 0.6) is 11.6 Å². The van der Waals surface area contributed by atoms with E-state index < -0.39 is 0 Å². The topological polar surface area (TPSA) is 31.4 Å². The molecule has 0 bridgehead atoms. The maximum atomic E-state index is 6.12. The summed E-state index contributed by atoms with van der Waals surface area (Å²) in [5.74, 6) is 0.533. The van der Waals surface area contributed by atoms with Gasteiger partial charge in [0.1, 0.15) is 10.0 Å². The van der Waals surface area contributed by atoms with Crippen molar-refractivity contribution in [2.24, 2.45) is 0 Å². The molecule has 96 valence electrons. The highest BCUT2D eigenvalue weighted by atomic mass is 35.5. The predicted molar refractivity (Wildman–Crippen MR) is 70.8 cm³/mol. The molecule has 1 rings (SSSR count). The first-order valence-corrected chi connectivity index (χ1v) is 6.34. The van der Waals surface area contributed by atoms with Gasteiger partial charge in [-0.15, -0.1) is 0 Å². The summed E-state index contributed by atoms with van der Waals surface area (Å²) in [6, 6.07) is 0. The summed E-state index contributed by atoms with van der Waals surface area (Å²) in [6.45, 7) is 7.46. The van der Waals surface area contributed by atoms with Crippen LogP contribution in [0.2, 0.25) is 15.2 Å². The Labute approximate surface area is 116 Å². The Balaban J connectivity index is 3.22. The van der Waals surface area contributed by atoms with E-state index in [1.165, 1.54) is 0 Å². The molecule has 0 aromatic carbocycles. The Kier molecular flexibility index (Phi) is 5.17. The van der Waals surface area contributed by atoms with E-state index in [2.05, 4.69) is 4.98 Å². The first kappa shape index (κ1) is 14.7. The van der Waals surface area contributed by atoms with Gasteiger partial charge in [-0.3, -0.25) is 0 Å². The van der Waals surface area contributed by atoms with Gasteiger partial charge in [0.25, 0.3) is 0 Å². The lowest BCUT2D eigenvalue weighted by Crippen LogP contribution is -2.10. The number of aromatic nitrogens is 1. The molecule has 6 heteroatoms. The fourth-order valence-corrected chi connectivity index (χ4v) is 1.73. The fourth-order valence-electron chi connectivity index (χ4n) is 1.11. The van der Waals surface area contributed by atoms with Crippen molar-refractivity contribution in [3.05, 3.63) is 15.2 Å². The quantitative estimate of drug-likeness (QED) is 0.760. The summed E-state index contributed by atoms with van der Waals surface area (Å²) >= 11 is 18.0. The summed E-state index contributed by atoms with van der Waals surface area (Å²) < 4.78 is 10.9. The summed E-state index contributed by atoms with van der Waals surface area (Å²) in [4.78, 5) is 3.98. The number of pyridine rings is 1. The van der Waals surface area contributed by atoms with E-state index in [1.807, 2.05) is 27.7 Å². The maximum Gasteiger partial charge on any atom is 0.238 e. The lowest BCUT2D eigenvalue weighted by atomic mass is 10.4. The van der Waals surface area contributed by atoms with Gasteiger partial charge in [0.05, 0.1) is 12.2 Å². The molecule has 0 N–H and O–H groups in total. The lowest BCUT2D eigenvalue weighted by Gasteiger charge is -2.17. The first-order chi connectivity index (χ1) is 7.82. The molecule has 0 aliphatic carbocycles. The van der Waals surface area contributed by atoms with Gasteiger partial charge in [0.2, 0.25) is 5.88 Å². The lowest BCUT2D eigenvalue weighted by molar-refractivity contribution is 0.222. The van der Waals surface area contributed by atoms with Crippen molar-refractivity contribution in [1.29, 1.82) is 0 Å². The van der Waals surface area contributed by atoms with Crippen LogP contribution in [0.4, 0.5) is 0 Å². The smallest absolute Gasteiger partial charge is 0.238 e. The molecule has 0 atom stereocenters. The minimum atomic E-state index is -0.0737. The molecule has 17 heavy (non-hydrogen) atoms. The normalized spacial score (nSPS) is 11.1. The van der Waals surface area contributed by atoms with Crippen LogP contribution in [-0.2, 0) is 0 Å². The van der Waals surface area contributed by atoms with Crippen molar-refractivity contribution < 1.29 is 9.47 Å². The molecule has 0 amide bonds. The third kappa shape index (κ3) is 3.80. The Morgan fingerprint density at radius 3 is 1.88 bits per heavy atom. The molecular formula is C11H14Cl3NO2. The van der Waals surface area contributed by atoms with Crippen LogP contribution in [0, 0.1) is 0 Å². The second-order valence-corrected chi connectivity index (χ2v) is 5.11. The van der Waals surface area contributed by atoms with E-state index in [0.29, 0.717) is 5.75 Å². The van der Waals surface area contributed by atoms with E-state index >= 15 is 0 Å². The molecule has 0 unspecified atom stereocenters. The van der Waals surface area contributed by atoms with Gasteiger partial charge in [0, 0.05) is 0 Å². The van der Waals surface area contributed by atoms with Crippen LogP contribution < -0.4 is 9.47 Å². The van der Waals surface area contributed by atoms with Gasteiger partial charge in [-0.1, -0.05) is 34.8 Å². The maximum absolute atomic E-state index is 6.12. The van der Waals surface area contributed by atoms with Crippen molar-refractivity contribution in [2.45, 2.75) is 39.9 Å². The summed E-state index contributed by atoms with van der Waals surface area (Å²) in [7, 11) is 0. The summed E-state index contributed by atoms with van der Waals surface area (Å²) in [5, 5.41) is 0.547. The standard InChI is InChI=1S/C11H14Cl3NO2/c1-5(2)16-9-7(12)10(14)15-11(8(9)13)17-6(3)4/h5-6H,1-4H3. The fraction of sp³-hybridized carbons (Fsp3) is 0.545. The molecule has 0 saturated carbocycles. The van der Waals surface area contributed by atoms with E-state index in [-0.39, 0.29) is 33.3 Å². The third-order valence-corrected chi connectivity index (χ3v) is 2.72. The number of halogens is 3. The minimum Gasteiger partial charge on any atom is -0.488 e. The van der Waals surface area contributed by atoms with Gasteiger partial charge < -0.3 is 9.47 Å². The Bertz CT molecular complexity index is 408. The zero-order valence-electron chi connectivity index (χ0n) is 10.1. The second kappa shape index (κ2) is 5.98. The van der Waals surface area contributed by atoms with Gasteiger partial charge in [0.15, 0.2) is 10.9 Å². The molecule has 1 heterocycles. The predicted octanol–water partition coefficient (Wildman–Crippen LogP) is 4.62. The van der Waals surface area contributed by atoms with Gasteiger partial charge in [-0.2, -0.15) is 4.98 Å². The first-order valence-electron chi connectivity index (χ1n) is 5.20. The van der Waals surface area contributed by atoms with Crippen LogP contribution in [-0.4, -0.2) is 17.2 Å². The number of nitrogens with zero attached hydrogens (tertiary/aromatic N) is 1. The van der Waals surface area contributed by atoms with E-state index in [4.69, 9.17) is 44.3 Å². The van der Waals surface area contributed by atoms with Crippen molar-refractivity contribution in [2.75, 3.05) is 0 Å². The van der Waals surface area contributed by atoms with Crippen LogP contribution in [0.1, 0.15) is 27.7 Å². The van der Waals surface area contributed by atoms with Gasteiger partial charge in [-0.05, 0) is 27.7 Å². The number of rotatable bonds is 4. The highest BCUT2D eigenvalue weighted by molar-refractivity contribution is 6.44. The average Bonchev–Trinajstić information content (AvgIpc) is 2.20. The summed E-state index contributed by atoms with van der Waals surface area (Å²) in [5.41, 5.74) is 0.